The van der Waals surface area contributed by atoms with Gasteiger partial charge in [-0.2, -0.15) is 0 Å². The molecule has 2 aromatic carbocycles. The van der Waals surface area contributed by atoms with Crippen molar-refractivity contribution < 1.29 is 13.9 Å². The topological polar surface area (TPSA) is 77.2 Å². The van der Waals surface area contributed by atoms with Crippen LogP contribution in [0.5, 0.6) is 5.75 Å². The van der Waals surface area contributed by atoms with Gasteiger partial charge in [-0.05, 0) is 49.6 Å². The molecule has 1 amide bonds. The number of nitrogens with one attached hydrogen (secondary N) is 1. The number of amides is 1. The van der Waals surface area contributed by atoms with E-state index in [2.05, 4.69) is 41.5 Å². The monoisotopic (exact) mass is 467 g/mol. The van der Waals surface area contributed by atoms with Crippen LogP contribution in [0.2, 0.25) is 0 Å². The van der Waals surface area contributed by atoms with E-state index in [1.54, 1.807) is 18.7 Å². The lowest BCUT2D eigenvalue weighted by Crippen LogP contribution is -2.12. The van der Waals surface area contributed by atoms with Crippen LogP contribution in [0, 0.1) is 13.8 Å². The average molecular weight is 468 g/mol. The first-order valence-electron chi connectivity index (χ1n) is 10.5. The molecule has 166 valence electrons. The van der Waals surface area contributed by atoms with Crippen molar-refractivity contribution in [1.29, 1.82) is 0 Å². The maximum absolute atomic E-state index is 13.0. The van der Waals surface area contributed by atoms with E-state index in [9.17, 15) is 4.79 Å². The molecule has 2 heterocycles. The fourth-order valence-corrected chi connectivity index (χ4v) is 5.12. The highest BCUT2D eigenvalue weighted by atomic mass is 32.2. The van der Waals surface area contributed by atoms with Crippen LogP contribution in [0.1, 0.15) is 47.0 Å². The van der Waals surface area contributed by atoms with Crippen LogP contribution in [0.3, 0.4) is 0 Å². The van der Waals surface area contributed by atoms with E-state index in [-0.39, 0.29) is 5.91 Å². The van der Waals surface area contributed by atoms with Crippen LogP contribution in [-0.2, 0) is 5.75 Å². The fourth-order valence-electron chi connectivity index (χ4n) is 3.30. The van der Waals surface area contributed by atoms with Crippen LogP contribution in [0.15, 0.2) is 51.2 Å². The highest BCUT2D eigenvalue weighted by molar-refractivity contribution is 8.00. The Bertz CT molecular complexity index is 1230. The Morgan fingerprint density at radius 3 is 2.84 bits per heavy atom. The van der Waals surface area contributed by atoms with E-state index in [1.165, 1.54) is 22.5 Å². The Hall–Kier alpha value is -2.84. The lowest BCUT2D eigenvalue weighted by Gasteiger charge is -2.05. The zero-order chi connectivity index (χ0) is 22.5. The number of rotatable bonds is 9. The summed E-state index contributed by atoms with van der Waals surface area (Å²) in [6.07, 6.45) is 2.05. The maximum Gasteiger partial charge on any atom is 0.261 e. The van der Waals surface area contributed by atoms with Crippen molar-refractivity contribution >= 4 is 45.1 Å². The minimum Gasteiger partial charge on any atom is -0.494 e. The van der Waals surface area contributed by atoms with Gasteiger partial charge < -0.3 is 9.15 Å². The molecule has 0 aliphatic carbocycles. The predicted octanol–water partition coefficient (Wildman–Crippen LogP) is 6.62. The Kier molecular flexibility index (Phi) is 7.12. The predicted molar refractivity (Wildman–Crippen MR) is 130 cm³/mol. The molecule has 32 heavy (non-hydrogen) atoms. The van der Waals surface area contributed by atoms with Crippen molar-refractivity contribution in [1.82, 2.24) is 10.2 Å². The van der Waals surface area contributed by atoms with E-state index in [1.807, 2.05) is 30.3 Å². The fraction of sp³-hybridized carbons (Fsp3) is 0.292. The number of aromatic nitrogens is 2. The highest BCUT2D eigenvalue weighted by Crippen LogP contribution is 2.32. The molecule has 0 saturated heterocycles. The van der Waals surface area contributed by atoms with Crippen molar-refractivity contribution in [2.45, 2.75) is 43.7 Å². The molecular weight excluding hydrogens is 442 g/mol. The standard InChI is InChI=1S/C24H25N3O3S2/c1-4-5-12-29-18-10-11-20-19(13-18)21(16(3)30-20)22(28)25-23-26-27-24(32-23)31-14-17-9-7-6-8-15(17)2/h6-11,13H,4-5,12,14H2,1-3H3,(H,25,26,28). The average Bonchev–Trinajstić information content (AvgIpc) is 3.36. The first-order chi connectivity index (χ1) is 15.5. The van der Waals surface area contributed by atoms with Crippen molar-refractivity contribution in [3.05, 3.63) is 64.9 Å². The second-order valence-corrected chi connectivity index (χ2v) is 9.64. The number of aryl methyl sites for hydroxylation is 2. The van der Waals surface area contributed by atoms with Crippen molar-refractivity contribution in [3.63, 3.8) is 0 Å². The minimum atomic E-state index is -0.265. The number of ether oxygens (including phenoxy) is 1. The van der Waals surface area contributed by atoms with Gasteiger partial charge >= 0.3 is 0 Å². The molecule has 0 bridgehead atoms. The lowest BCUT2D eigenvalue weighted by molar-refractivity contribution is 0.102. The molecule has 1 N–H and O–H groups in total. The number of thioether (sulfide) groups is 1. The second-order valence-electron chi connectivity index (χ2n) is 7.44. The van der Waals surface area contributed by atoms with Gasteiger partial charge in [0, 0.05) is 11.1 Å². The van der Waals surface area contributed by atoms with E-state index in [0.29, 0.717) is 28.6 Å². The van der Waals surface area contributed by atoms with Gasteiger partial charge in [-0.15, -0.1) is 10.2 Å². The number of carbonyl (C=O) groups excluding carboxylic acids is 1. The number of unbranched alkanes of at least 4 members (excludes halogenated alkanes) is 1. The number of anilines is 1. The quantitative estimate of drug-likeness (QED) is 0.169. The van der Waals surface area contributed by atoms with Gasteiger partial charge in [-0.3, -0.25) is 10.1 Å². The van der Waals surface area contributed by atoms with Gasteiger partial charge in [0.15, 0.2) is 4.34 Å². The van der Waals surface area contributed by atoms with Crippen LogP contribution < -0.4 is 10.1 Å². The number of carbonyl (C=O) groups is 1. The highest BCUT2D eigenvalue weighted by Gasteiger charge is 2.20. The number of fused-ring (bicyclic) bond motifs is 1. The van der Waals surface area contributed by atoms with Gasteiger partial charge in [-0.1, -0.05) is 60.7 Å². The van der Waals surface area contributed by atoms with E-state index < -0.39 is 0 Å². The Labute approximate surface area is 195 Å². The molecule has 4 aromatic rings. The lowest BCUT2D eigenvalue weighted by atomic mass is 10.1. The summed E-state index contributed by atoms with van der Waals surface area (Å²) in [5.41, 5.74) is 3.65. The third kappa shape index (κ3) is 5.14. The number of benzene rings is 2. The van der Waals surface area contributed by atoms with Crippen molar-refractivity contribution in [2.24, 2.45) is 0 Å². The summed E-state index contributed by atoms with van der Waals surface area (Å²) in [6, 6.07) is 13.8. The first-order valence-corrected chi connectivity index (χ1v) is 12.3. The normalized spacial score (nSPS) is 11.1. The van der Waals surface area contributed by atoms with Crippen LogP contribution in [0.25, 0.3) is 11.0 Å². The molecule has 0 radical (unpaired) electrons. The molecule has 0 aliphatic rings. The van der Waals surface area contributed by atoms with Crippen LogP contribution >= 0.6 is 23.1 Å². The third-order valence-electron chi connectivity index (χ3n) is 5.07. The molecule has 0 atom stereocenters. The number of nitrogens with zero attached hydrogens (tertiary/aromatic N) is 2. The van der Waals surface area contributed by atoms with Gasteiger partial charge in [0.2, 0.25) is 5.13 Å². The summed E-state index contributed by atoms with van der Waals surface area (Å²) in [6.45, 7) is 6.65. The van der Waals surface area contributed by atoms with E-state index in [0.717, 1.165) is 34.1 Å². The van der Waals surface area contributed by atoms with E-state index in [4.69, 9.17) is 9.15 Å². The van der Waals surface area contributed by atoms with Gasteiger partial charge in [-0.25, -0.2) is 0 Å². The molecule has 0 aliphatic heterocycles. The first kappa shape index (κ1) is 22.4. The zero-order valence-corrected chi connectivity index (χ0v) is 19.9. The number of hydrogen-bond acceptors (Lipinski definition) is 7. The van der Waals surface area contributed by atoms with Crippen molar-refractivity contribution in [3.8, 4) is 5.75 Å². The summed E-state index contributed by atoms with van der Waals surface area (Å²) < 4.78 is 12.4. The van der Waals surface area contributed by atoms with Crippen molar-refractivity contribution in [2.75, 3.05) is 11.9 Å². The zero-order valence-electron chi connectivity index (χ0n) is 18.3. The molecule has 0 fully saturated rings. The molecule has 8 heteroatoms. The summed E-state index contributed by atoms with van der Waals surface area (Å²) >= 11 is 2.97. The minimum absolute atomic E-state index is 0.265. The Morgan fingerprint density at radius 2 is 2.03 bits per heavy atom. The summed E-state index contributed by atoms with van der Waals surface area (Å²) in [7, 11) is 0. The molecule has 4 rings (SSSR count). The third-order valence-corrected chi connectivity index (χ3v) is 7.09. The largest absolute Gasteiger partial charge is 0.494 e. The molecule has 0 spiro atoms. The van der Waals surface area contributed by atoms with E-state index >= 15 is 0 Å². The summed E-state index contributed by atoms with van der Waals surface area (Å²) in [4.78, 5) is 13.0. The smallest absolute Gasteiger partial charge is 0.261 e. The van der Waals surface area contributed by atoms with Crippen LogP contribution in [-0.4, -0.2) is 22.7 Å². The number of hydrogen-bond donors (Lipinski definition) is 1. The summed E-state index contributed by atoms with van der Waals surface area (Å²) in [5.74, 6) is 1.83. The molecule has 6 nitrogen and oxygen atoms in total. The van der Waals surface area contributed by atoms with Gasteiger partial charge in [0.25, 0.3) is 5.91 Å². The van der Waals surface area contributed by atoms with Gasteiger partial charge in [0.1, 0.15) is 17.1 Å². The van der Waals surface area contributed by atoms with Crippen LogP contribution in [0.4, 0.5) is 5.13 Å². The molecule has 2 aromatic heterocycles. The Balaban J connectivity index is 1.46. The number of furan rings is 1. The summed E-state index contributed by atoms with van der Waals surface area (Å²) in [5, 5.41) is 12.4. The Morgan fingerprint density at radius 1 is 1.19 bits per heavy atom. The second kappa shape index (κ2) is 10.2. The molecule has 0 saturated carbocycles. The maximum atomic E-state index is 13.0. The van der Waals surface area contributed by atoms with Gasteiger partial charge in [0.05, 0.1) is 12.2 Å². The molecule has 0 unspecified atom stereocenters. The SMILES string of the molecule is CCCCOc1ccc2oc(C)c(C(=O)Nc3nnc(SCc4ccccc4C)s3)c2c1. The molecular formula is C24H25N3O3S2.